The van der Waals surface area contributed by atoms with Crippen LogP contribution in [-0.4, -0.2) is 6.11 Å². The van der Waals surface area contributed by atoms with E-state index in [-0.39, 0.29) is 12.8 Å². The first-order valence-electron chi connectivity index (χ1n) is 11.8. The van der Waals surface area contributed by atoms with E-state index in [1.165, 1.54) is 12.8 Å². The number of alkyl halides is 2. The SMILES string of the molecule is CCCC(C)CCC(CC)C(C)CCC(CCC)C(F)(F)Oc1cc(F)c(F)c(F)c1. The van der Waals surface area contributed by atoms with E-state index in [1.807, 2.05) is 6.92 Å². The van der Waals surface area contributed by atoms with Gasteiger partial charge in [0, 0.05) is 12.1 Å². The van der Waals surface area contributed by atoms with Gasteiger partial charge in [0.25, 0.3) is 0 Å². The van der Waals surface area contributed by atoms with E-state index >= 15 is 0 Å². The highest BCUT2D eigenvalue weighted by Gasteiger charge is 2.42. The maximum atomic E-state index is 14.8. The van der Waals surface area contributed by atoms with Gasteiger partial charge in [-0.05, 0) is 43.4 Å². The summed E-state index contributed by atoms with van der Waals surface area (Å²) in [6.07, 6.45) is 3.70. The average molecular weight is 451 g/mol. The zero-order chi connectivity index (χ0) is 23.6. The lowest BCUT2D eigenvalue weighted by Gasteiger charge is -2.30. The molecule has 1 aromatic rings. The zero-order valence-electron chi connectivity index (χ0n) is 19.6. The van der Waals surface area contributed by atoms with Crippen LogP contribution in [0, 0.1) is 41.1 Å². The Balaban J connectivity index is 2.76. The summed E-state index contributed by atoms with van der Waals surface area (Å²) in [5.41, 5.74) is 0. The highest BCUT2D eigenvalue weighted by Crippen LogP contribution is 2.38. The molecule has 1 rings (SSSR count). The fourth-order valence-electron chi connectivity index (χ4n) is 4.39. The van der Waals surface area contributed by atoms with E-state index in [0.29, 0.717) is 42.7 Å². The second-order valence-corrected chi connectivity index (χ2v) is 9.04. The summed E-state index contributed by atoms with van der Waals surface area (Å²) in [6.45, 7) is 10.5. The second kappa shape index (κ2) is 13.3. The lowest BCUT2D eigenvalue weighted by molar-refractivity contribution is -0.219. The van der Waals surface area contributed by atoms with Crippen LogP contribution in [0.4, 0.5) is 22.0 Å². The number of rotatable bonds is 15. The molecule has 1 aromatic carbocycles. The Hall–Kier alpha value is -1.33. The third kappa shape index (κ3) is 8.97. The summed E-state index contributed by atoms with van der Waals surface area (Å²) in [5.74, 6) is -5.11. The van der Waals surface area contributed by atoms with Crippen LogP contribution in [0.2, 0.25) is 0 Å². The standard InChI is InChI=1S/C25H39F5O/c1-6-9-17(4)11-13-19(8-3)18(5)12-14-20(10-7-2)25(29,30)31-21-15-22(26)24(28)23(27)16-21/h15-20H,6-14H2,1-5H3. The molecule has 0 N–H and O–H groups in total. The maximum absolute atomic E-state index is 14.8. The van der Waals surface area contributed by atoms with Gasteiger partial charge in [0.05, 0.1) is 5.92 Å². The molecule has 0 aromatic heterocycles. The predicted octanol–water partition coefficient (Wildman–Crippen LogP) is 9.15. The van der Waals surface area contributed by atoms with Gasteiger partial charge in [-0.25, -0.2) is 13.2 Å². The van der Waals surface area contributed by atoms with Crippen molar-refractivity contribution in [2.24, 2.45) is 23.7 Å². The molecule has 0 radical (unpaired) electrons. The van der Waals surface area contributed by atoms with Crippen LogP contribution in [0.5, 0.6) is 5.75 Å². The summed E-state index contributed by atoms with van der Waals surface area (Å²) in [5, 5.41) is 0. The monoisotopic (exact) mass is 450 g/mol. The van der Waals surface area contributed by atoms with Gasteiger partial charge in [-0.1, -0.05) is 66.7 Å². The van der Waals surface area contributed by atoms with Crippen LogP contribution in [0.15, 0.2) is 12.1 Å². The van der Waals surface area contributed by atoms with Crippen LogP contribution < -0.4 is 4.74 Å². The van der Waals surface area contributed by atoms with Crippen molar-refractivity contribution >= 4 is 0 Å². The Morgan fingerprint density at radius 2 is 1.39 bits per heavy atom. The van der Waals surface area contributed by atoms with Crippen LogP contribution in [0.1, 0.15) is 92.4 Å². The van der Waals surface area contributed by atoms with Crippen molar-refractivity contribution in [3.05, 3.63) is 29.6 Å². The number of hydrogen-bond acceptors (Lipinski definition) is 1. The molecule has 0 bridgehead atoms. The van der Waals surface area contributed by atoms with Gasteiger partial charge in [0.2, 0.25) is 0 Å². The summed E-state index contributed by atoms with van der Waals surface area (Å²) in [4.78, 5) is 0. The van der Waals surface area contributed by atoms with Crippen LogP contribution in [0.25, 0.3) is 0 Å². The van der Waals surface area contributed by atoms with Gasteiger partial charge < -0.3 is 4.74 Å². The molecule has 0 heterocycles. The van der Waals surface area contributed by atoms with E-state index in [9.17, 15) is 22.0 Å². The van der Waals surface area contributed by atoms with E-state index < -0.39 is 35.2 Å². The first-order valence-corrected chi connectivity index (χ1v) is 11.8. The molecule has 0 aliphatic rings. The average Bonchev–Trinajstić information content (AvgIpc) is 2.69. The first kappa shape index (κ1) is 27.7. The molecule has 0 saturated heterocycles. The summed E-state index contributed by atoms with van der Waals surface area (Å²) in [7, 11) is 0. The van der Waals surface area contributed by atoms with Crippen molar-refractivity contribution in [1.29, 1.82) is 0 Å². The minimum atomic E-state index is -3.59. The molecule has 0 amide bonds. The van der Waals surface area contributed by atoms with Gasteiger partial charge in [0.1, 0.15) is 5.75 Å². The van der Waals surface area contributed by atoms with Crippen molar-refractivity contribution in [3.63, 3.8) is 0 Å². The smallest absolute Gasteiger partial charge is 0.400 e. The Kier molecular flexibility index (Phi) is 11.9. The number of halogens is 5. The number of hydrogen-bond donors (Lipinski definition) is 0. The summed E-state index contributed by atoms with van der Waals surface area (Å²) >= 11 is 0. The Morgan fingerprint density at radius 3 is 1.90 bits per heavy atom. The number of benzene rings is 1. The van der Waals surface area contributed by atoms with Crippen molar-refractivity contribution in [2.75, 3.05) is 0 Å². The summed E-state index contributed by atoms with van der Waals surface area (Å²) in [6, 6.07) is 0.922. The van der Waals surface area contributed by atoms with Crippen molar-refractivity contribution in [1.82, 2.24) is 0 Å². The molecule has 6 heteroatoms. The molecule has 4 atom stereocenters. The molecular formula is C25H39F5O. The number of ether oxygens (including phenoxy) is 1. The second-order valence-electron chi connectivity index (χ2n) is 9.04. The molecule has 0 fully saturated rings. The largest absolute Gasteiger partial charge is 0.432 e. The molecule has 0 aliphatic carbocycles. The van der Waals surface area contributed by atoms with Crippen molar-refractivity contribution in [2.45, 2.75) is 98.5 Å². The lowest BCUT2D eigenvalue weighted by Crippen LogP contribution is -2.35. The lowest BCUT2D eigenvalue weighted by atomic mass is 9.80. The summed E-state index contributed by atoms with van der Waals surface area (Å²) < 4.78 is 74.2. The van der Waals surface area contributed by atoms with E-state index in [0.717, 1.165) is 19.3 Å². The first-order chi connectivity index (χ1) is 14.5. The van der Waals surface area contributed by atoms with Gasteiger partial charge in [-0.3, -0.25) is 0 Å². The van der Waals surface area contributed by atoms with E-state index in [1.54, 1.807) is 0 Å². The molecule has 31 heavy (non-hydrogen) atoms. The molecule has 0 saturated carbocycles. The predicted molar refractivity (Wildman–Crippen MR) is 116 cm³/mol. The highest BCUT2D eigenvalue weighted by atomic mass is 19.3. The highest BCUT2D eigenvalue weighted by molar-refractivity contribution is 5.25. The Bertz CT molecular complexity index is 626. The fraction of sp³-hybridized carbons (Fsp3) is 0.760. The van der Waals surface area contributed by atoms with Crippen LogP contribution >= 0.6 is 0 Å². The Morgan fingerprint density at radius 1 is 0.806 bits per heavy atom. The molecule has 4 unspecified atom stereocenters. The van der Waals surface area contributed by atoms with Gasteiger partial charge >= 0.3 is 6.11 Å². The van der Waals surface area contributed by atoms with Gasteiger partial charge in [0.15, 0.2) is 17.5 Å². The topological polar surface area (TPSA) is 9.23 Å². The quantitative estimate of drug-likeness (QED) is 0.191. The minimum absolute atomic E-state index is 0.232. The Labute approximate surface area is 184 Å². The normalized spacial score (nSPS) is 16.1. The molecular weight excluding hydrogens is 411 g/mol. The fourth-order valence-corrected chi connectivity index (χ4v) is 4.39. The van der Waals surface area contributed by atoms with Crippen LogP contribution in [-0.2, 0) is 0 Å². The zero-order valence-corrected chi connectivity index (χ0v) is 19.6. The molecule has 1 nitrogen and oxygen atoms in total. The third-order valence-corrected chi connectivity index (χ3v) is 6.43. The van der Waals surface area contributed by atoms with Crippen LogP contribution in [0.3, 0.4) is 0 Å². The van der Waals surface area contributed by atoms with E-state index in [2.05, 4.69) is 32.4 Å². The molecule has 0 aliphatic heterocycles. The van der Waals surface area contributed by atoms with Crippen molar-refractivity contribution < 1.29 is 26.7 Å². The van der Waals surface area contributed by atoms with Crippen molar-refractivity contribution in [3.8, 4) is 5.75 Å². The third-order valence-electron chi connectivity index (χ3n) is 6.43. The minimum Gasteiger partial charge on any atom is -0.432 e. The van der Waals surface area contributed by atoms with Gasteiger partial charge in [-0.15, -0.1) is 0 Å². The maximum Gasteiger partial charge on any atom is 0.400 e. The molecule has 0 spiro atoms. The molecule has 180 valence electrons. The van der Waals surface area contributed by atoms with E-state index in [4.69, 9.17) is 0 Å². The van der Waals surface area contributed by atoms with Gasteiger partial charge in [-0.2, -0.15) is 8.78 Å².